The summed E-state index contributed by atoms with van der Waals surface area (Å²) in [6, 6.07) is 5.32. The first kappa shape index (κ1) is 14.3. The Balaban J connectivity index is 2.90. The van der Waals surface area contributed by atoms with E-state index < -0.39 is 0 Å². The Morgan fingerprint density at radius 2 is 2.28 bits per heavy atom. The van der Waals surface area contributed by atoms with Gasteiger partial charge in [0.15, 0.2) is 0 Å². The van der Waals surface area contributed by atoms with Crippen molar-refractivity contribution in [3.63, 3.8) is 0 Å². The number of methoxy groups -OCH3 is 1. The number of carbonyl (C=O) groups excluding carboxylic acids is 1. The van der Waals surface area contributed by atoms with Crippen LogP contribution in [0.25, 0.3) is 0 Å². The van der Waals surface area contributed by atoms with E-state index in [0.717, 1.165) is 11.3 Å². The molecule has 1 aromatic rings. The highest BCUT2D eigenvalue weighted by molar-refractivity contribution is 5.94. The van der Waals surface area contributed by atoms with Crippen LogP contribution < -0.4 is 10.1 Å². The summed E-state index contributed by atoms with van der Waals surface area (Å²) in [6.45, 7) is 6.92. The van der Waals surface area contributed by atoms with Crippen molar-refractivity contribution in [2.24, 2.45) is 0 Å². The van der Waals surface area contributed by atoms with Gasteiger partial charge in [0.05, 0.1) is 13.2 Å². The number of rotatable bonds is 7. The predicted octanol–water partition coefficient (Wildman–Crippen LogP) is 2.15. The van der Waals surface area contributed by atoms with Gasteiger partial charge in [-0.15, -0.1) is 6.58 Å². The fourth-order valence-electron chi connectivity index (χ4n) is 1.55. The number of nitrogens with one attached hydrogen (secondary N) is 1. The van der Waals surface area contributed by atoms with Gasteiger partial charge in [-0.1, -0.05) is 6.08 Å². The standard InChI is InChI=1S/C14H19NO3/c1-4-8-15-14(16)11-6-7-13(18-5-2)12(9-11)10-17-3/h4,6-7,9H,1,5,8,10H2,2-3H3,(H,15,16). The van der Waals surface area contributed by atoms with Gasteiger partial charge in [-0.3, -0.25) is 4.79 Å². The molecule has 0 fully saturated rings. The van der Waals surface area contributed by atoms with Crippen molar-refractivity contribution in [2.75, 3.05) is 20.3 Å². The van der Waals surface area contributed by atoms with Crippen LogP contribution in [0, 0.1) is 0 Å². The molecule has 0 spiro atoms. The maximum absolute atomic E-state index is 11.8. The summed E-state index contributed by atoms with van der Waals surface area (Å²) >= 11 is 0. The van der Waals surface area contributed by atoms with Crippen LogP contribution in [0.2, 0.25) is 0 Å². The molecule has 0 aliphatic carbocycles. The zero-order chi connectivity index (χ0) is 13.4. The first-order chi connectivity index (χ1) is 8.72. The molecule has 0 radical (unpaired) electrons. The quantitative estimate of drug-likeness (QED) is 0.753. The molecule has 1 aromatic carbocycles. The van der Waals surface area contributed by atoms with E-state index in [1.807, 2.05) is 6.92 Å². The van der Waals surface area contributed by atoms with Gasteiger partial charge >= 0.3 is 0 Å². The summed E-state index contributed by atoms with van der Waals surface area (Å²) in [5.41, 5.74) is 1.46. The Labute approximate surface area is 108 Å². The van der Waals surface area contributed by atoms with Crippen LogP contribution in [0.3, 0.4) is 0 Å². The summed E-state index contributed by atoms with van der Waals surface area (Å²) in [5, 5.41) is 2.73. The Morgan fingerprint density at radius 1 is 1.50 bits per heavy atom. The lowest BCUT2D eigenvalue weighted by Crippen LogP contribution is -2.23. The maximum Gasteiger partial charge on any atom is 0.251 e. The van der Waals surface area contributed by atoms with Crippen LogP contribution in [0.15, 0.2) is 30.9 Å². The molecule has 18 heavy (non-hydrogen) atoms. The first-order valence-electron chi connectivity index (χ1n) is 5.86. The first-order valence-corrected chi connectivity index (χ1v) is 5.86. The average molecular weight is 249 g/mol. The van der Waals surface area contributed by atoms with Crippen molar-refractivity contribution in [1.82, 2.24) is 5.32 Å². The van der Waals surface area contributed by atoms with Gasteiger partial charge in [-0.25, -0.2) is 0 Å². The van der Waals surface area contributed by atoms with Crippen molar-refractivity contribution in [2.45, 2.75) is 13.5 Å². The largest absolute Gasteiger partial charge is 0.494 e. The van der Waals surface area contributed by atoms with Crippen LogP contribution in [-0.4, -0.2) is 26.2 Å². The third-order valence-electron chi connectivity index (χ3n) is 2.33. The summed E-state index contributed by atoms with van der Waals surface area (Å²) < 4.78 is 10.6. The molecule has 0 atom stereocenters. The average Bonchev–Trinajstić information content (AvgIpc) is 2.38. The molecule has 1 amide bonds. The van der Waals surface area contributed by atoms with E-state index in [-0.39, 0.29) is 5.91 Å². The molecule has 0 saturated carbocycles. The maximum atomic E-state index is 11.8. The number of carbonyl (C=O) groups is 1. The van der Waals surface area contributed by atoms with E-state index in [1.165, 1.54) is 0 Å². The molecule has 1 N–H and O–H groups in total. The van der Waals surface area contributed by atoms with Gasteiger partial charge < -0.3 is 14.8 Å². The number of hydrogen-bond donors (Lipinski definition) is 1. The lowest BCUT2D eigenvalue weighted by molar-refractivity contribution is 0.0957. The fraction of sp³-hybridized carbons (Fsp3) is 0.357. The highest BCUT2D eigenvalue weighted by Gasteiger charge is 2.09. The summed E-state index contributed by atoms with van der Waals surface area (Å²) in [6.07, 6.45) is 1.64. The molecule has 4 nitrogen and oxygen atoms in total. The Bertz CT molecular complexity index is 416. The van der Waals surface area contributed by atoms with Crippen molar-refractivity contribution < 1.29 is 14.3 Å². The summed E-state index contributed by atoms with van der Waals surface area (Å²) in [5.74, 6) is 0.620. The van der Waals surface area contributed by atoms with Gasteiger partial charge in [0.2, 0.25) is 0 Å². The molecule has 0 bridgehead atoms. The minimum Gasteiger partial charge on any atom is -0.494 e. The van der Waals surface area contributed by atoms with Gasteiger partial charge in [0, 0.05) is 24.8 Å². The lowest BCUT2D eigenvalue weighted by atomic mass is 10.1. The second-order valence-electron chi connectivity index (χ2n) is 3.69. The lowest BCUT2D eigenvalue weighted by Gasteiger charge is -2.11. The van der Waals surface area contributed by atoms with Crippen molar-refractivity contribution >= 4 is 5.91 Å². The highest BCUT2D eigenvalue weighted by atomic mass is 16.5. The van der Waals surface area contributed by atoms with Crippen LogP contribution in [-0.2, 0) is 11.3 Å². The molecule has 0 aliphatic rings. The molecule has 0 saturated heterocycles. The normalized spacial score (nSPS) is 9.89. The smallest absolute Gasteiger partial charge is 0.251 e. The van der Waals surface area contributed by atoms with Crippen molar-refractivity contribution in [3.8, 4) is 5.75 Å². The van der Waals surface area contributed by atoms with Crippen molar-refractivity contribution in [1.29, 1.82) is 0 Å². The molecule has 0 aliphatic heterocycles. The molecule has 0 heterocycles. The van der Waals surface area contributed by atoms with Gasteiger partial charge in [-0.05, 0) is 25.1 Å². The fourth-order valence-corrected chi connectivity index (χ4v) is 1.55. The van der Waals surface area contributed by atoms with Crippen LogP contribution >= 0.6 is 0 Å². The number of benzene rings is 1. The second kappa shape index (κ2) is 7.50. The molecule has 4 heteroatoms. The SMILES string of the molecule is C=CCNC(=O)c1ccc(OCC)c(COC)c1. The van der Waals surface area contributed by atoms with E-state index in [2.05, 4.69) is 11.9 Å². The van der Waals surface area contributed by atoms with Gasteiger partial charge in [0.25, 0.3) is 5.91 Å². The summed E-state index contributed by atoms with van der Waals surface area (Å²) in [4.78, 5) is 11.8. The molecular formula is C14H19NO3. The third kappa shape index (κ3) is 3.89. The molecule has 0 unspecified atom stereocenters. The second-order valence-corrected chi connectivity index (χ2v) is 3.69. The van der Waals surface area contributed by atoms with Crippen LogP contribution in [0.5, 0.6) is 5.75 Å². The van der Waals surface area contributed by atoms with Crippen LogP contribution in [0.4, 0.5) is 0 Å². The number of ether oxygens (including phenoxy) is 2. The highest BCUT2D eigenvalue weighted by Crippen LogP contribution is 2.21. The Morgan fingerprint density at radius 3 is 2.89 bits per heavy atom. The van der Waals surface area contributed by atoms with E-state index in [0.29, 0.717) is 25.3 Å². The number of amides is 1. The topological polar surface area (TPSA) is 47.6 Å². The van der Waals surface area contributed by atoms with Gasteiger partial charge in [0.1, 0.15) is 5.75 Å². The van der Waals surface area contributed by atoms with E-state index >= 15 is 0 Å². The van der Waals surface area contributed by atoms with Crippen molar-refractivity contribution in [3.05, 3.63) is 42.0 Å². The van der Waals surface area contributed by atoms with Gasteiger partial charge in [-0.2, -0.15) is 0 Å². The zero-order valence-electron chi connectivity index (χ0n) is 10.9. The molecule has 0 aromatic heterocycles. The monoisotopic (exact) mass is 249 g/mol. The Kier molecular flexibility index (Phi) is 5.94. The van der Waals surface area contributed by atoms with E-state index in [4.69, 9.17) is 9.47 Å². The minimum atomic E-state index is -0.129. The van der Waals surface area contributed by atoms with Crippen LogP contribution in [0.1, 0.15) is 22.8 Å². The molecular weight excluding hydrogens is 230 g/mol. The molecule has 98 valence electrons. The molecule has 1 rings (SSSR count). The third-order valence-corrected chi connectivity index (χ3v) is 2.33. The number of hydrogen-bond acceptors (Lipinski definition) is 3. The van der Waals surface area contributed by atoms with E-state index in [9.17, 15) is 4.79 Å². The minimum absolute atomic E-state index is 0.129. The summed E-state index contributed by atoms with van der Waals surface area (Å²) in [7, 11) is 1.61. The predicted molar refractivity (Wildman–Crippen MR) is 70.9 cm³/mol. The Hall–Kier alpha value is -1.81. The van der Waals surface area contributed by atoms with E-state index in [1.54, 1.807) is 31.4 Å². The zero-order valence-corrected chi connectivity index (χ0v) is 10.9.